The van der Waals surface area contributed by atoms with Gasteiger partial charge >= 0.3 is 0 Å². The molecule has 4 rings (SSSR count). The lowest BCUT2D eigenvalue weighted by Crippen LogP contribution is -2.39. The van der Waals surface area contributed by atoms with Crippen molar-refractivity contribution in [2.75, 3.05) is 13.1 Å². The second-order valence-electron chi connectivity index (χ2n) is 7.60. The molecule has 1 fully saturated rings. The molecule has 8 nitrogen and oxygen atoms in total. The van der Waals surface area contributed by atoms with Crippen molar-refractivity contribution in [3.05, 3.63) is 48.1 Å². The van der Waals surface area contributed by atoms with Crippen LogP contribution in [0.4, 0.5) is 0 Å². The van der Waals surface area contributed by atoms with Crippen LogP contribution in [-0.2, 0) is 6.42 Å². The number of pyridine rings is 1. The molecule has 0 aliphatic carbocycles. The Bertz CT molecular complexity index is 925. The fraction of sp³-hybridized carbons (Fsp3) is 0.450. The quantitative estimate of drug-likeness (QED) is 0.676. The molecule has 1 saturated heterocycles. The number of aromatic nitrogens is 5. The van der Waals surface area contributed by atoms with Gasteiger partial charge in [-0.3, -0.25) is 9.78 Å². The maximum Gasteiger partial charge on any atom is 0.292 e. The summed E-state index contributed by atoms with van der Waals surface area (Å²) < 4.78 is 7.16. The first-order valence-corrected chi connectivity index (χ1v) is 9.68. The number of nitrogens with zero attached hydrogens (tertiary/aromatic N) is 6. The van der Waals surface area contributed by atoms with Gasteiger partial charge in [-0.15, -0.1) is 5.10 Å². The lowest BCUT2D eigenvalue weighted by atomic mass is 10.0. The number of hydrogen-bond acceptors (Lipinski definition) is 6. The van der Waals surface area contributed by atoms with Crippen LogP contribution in [0.15, 0.2) is 41.2 Å². The van der Waals surface area contributed by atoms with Gasteiger partial charge in [-0.2, -0.15) is 0 Å². The zero-order valence-corrected chi connectivity index (χ0v) is 16.2. The molecular formula is C20H24N6O2. The molecule has 0 atom stereocenters. The summed E-state index contributed by atoms with van der Waals surface area (Å²) in [6, 6.07) is 7.72. The van der Waals surface area contributed by atoms with Gasteiger partial charge in [0, 0.05) is 25.4 Å². The predicted octanol–water partition coefficient (Wildman–Crippen LogP) is 3.00. The summed E-state index contributed by atoms with van der Waals surface area (Å²) in [7, 11) is 0. The normalized spacial score (nSPS) is 15.3. The summed E-state index contributed by atoms with van der Waals surface area (Å²) in [6.45, 7) is 5.54. The van der Waals surface area contributed by atoms with E-state index >= 15 is 0 Å². The smallest absolute Gasteiger partial charge is 0.292 e. The molecule has 0 unspecified atom stereocenters. The van der Waals surface area contributed by atoms with Gasteiger partial charge < -0.3 is 9.42 Å². The van der Waals surface area contributed by atoms with Crippen LogP contribution in [0.25, 0.3) is 11.4 Å². The predicted molar refractivity (Wildman–Crippen MR) is 102 cm³/mol. The zero-order valence-electron chi connectivity index (χ0n) is 16.2. The Morgan fingerprint density at radius 2 is 2.07 bits per heavy atom. The molecule has 0 bridgehead atoms. The average Bonchev–Trinajstić information content (AvgIpc) is 3.38. The Balaban J connectivity index is 1.36. The molecule has 1 amide bonds. The van der Waals surface area contributed by atoms with Crippen LogP contribution < -0.4 is 0 Å². The number of hydrogen-bond donors (Lipinski definition) is 0. The standard InChI is InChI=1S/C20H24N6O2/c1-14(2)11-15-12-19(28-23-15)20(27)25-9-6-16(7-10-25)26-13-18(22-24-26)17-5-3-4-8-21-17/h3-5,8,12-14,16H,6-7,9-11H2,1-2H3. The van der Waals surface area contributed by atoms with Crippen molar-refractivity contribution >= 4 is 5.91 Å². The summed E-state index contributed by atoms with van der Waals surface area (Å²) >= 11 is 0. The Kier molecular flexibility index (Phi) is 5.18. The average molecular weight is 380 g/mol. The van der Waals surface area contributed by atoms with E-state index in [9.17, 15) is 4.79 Å². The Labute approximate surface area is 163 Å². The van der Waals surface area contributed by atoms with Gasteiger partial charge in [-0.05, 0) is 37.3 Å². The first kappa shape index (κ1) is 18.3. The number of carbonyl (C=O) groups is 1. The second-order valence-corrected chi connectivity index (χ2v) is 7.60. The summed E-state index contributed by atoms with van der Waals surface area (Å²) in [5.74, 6) is 0.712. The third kappa shape index (κ3) is 3.95. The van der Waals surface area contributed by atoms with Crippen LogP contribution in [0, 0.1) is 5.92 Å². The molecule has 0 radical (unpaired) electrons. The zero-order chi connectivity index (χ0) is 19.5. The number of amides is 1. The van der Waals surface area contributed by atoms with Crippen LogP contribution >= 0.6 is 0 Å². The topological polar surface area (TPSA) is 89.9 Å². The second kappa shape index (κ2) is 7.92. The monoisotopic (exact) mass is 380 g/mol. The minimum absolute atomic E-state index is 0.0891. The number of rotatable bonds is 5. The molecule has 8 heteroatoms. The highest BCUT2D eigenvalue weighted by atomic mass is 16.5. The van der Waals surface area contributed by atoms with Gasteiger partial charge in [0.05, 0.1) is 23.6 Å². The van der Waals surface area contributed by atoms with Crippen molar-refractivity contribution in [2.45, 2.75) is 39.2 Å². The number of likely N-dealkylation sites (tertiary alicyclic amines) is 1. The van der Waals surface area contributed by atoms with E-state index in [4.69, 9.17) is 4.52 Å². The molecule has 4 heterocycles. The first-order valence-electron chi connectivity index (χ1n) is 9.68. The van der Waals surface area contributed by atoms with Crippen molar-refractivity contribution in [1.82, 2.24) is 30.0 Å². The molecule has 0 N–H and O–H groups in total. The lowest BCUT2D eigenvalue weighted by molar-refractivity contribution is 0.0647. The minimum atomic E-state index is -0.0891. The van der Waals surface area contributed by atoms with E-state index in [0.717, 1.165) is 36.3 Å². The van der Waals surface area contributed by atoms with Crippen LogP contribution in [0.2, 0.25) is 0 Å². The van der Waals surface area contributed by atoms with Gasteiger partial charge in [0.15, 0.2) is 0 Å². The Hall–Kier alpha value is -3.03. The molecule has 3 aromatic heterocycles. The molecule has 1 aliphatic heterocycles. The van der Waals surface area contributed by atoms with Crippen molar-refractivity contribution in [3.8, 4) is 11.4 Å². The lowest BCUT2D eigenvalue weighted by Gasteiger charge is -2.31. The van der Waals surface area contributed by atoms with E-state index in [1.807, 2.05) is 34.0 Å². The van der Waals surface area contributed by atoms with Crippen molar-refractivity contribution in [2.24, 2.45) is 5.92 Å². The fourth-order valence-electron chi connectivity index (χ4n) is 3.50. The van der Waals surface area contributed by atoms with Gasteiger partial charge in [0.1, 0.15) is 5.69 Å². The minimum Gasteiger partial charge on any atom is -0.351 e. The van der Waals surface area contributed by atoms with Crippen molar-refractivity contribution in [1.29, 1.82) is 0 Å². The van der Waals surface area contributed by atoms with E-state index < -0.39 is 0 Å². The largest absolute Gasteiger partial charge is 0.351 e. The Morgan fingerprint density at radius 3 is 2.79 bits per heavy atom. The molecular weight excluding hydrogens is 356 g/mol. The van der Waals surface area contributed by atoms with E-state index in [2.05, 4.69) is 34.3 Å². The third-order valence-corrected chi connectivity index (χ3v) is 4.95. The molecule has 1 aliphatic rings. The van der Waals surface area contributed by atoms with Crippen molar-refractivity contribution < 1.29 is 9.32 Å². The first-order chi connectivity index (χ1) is 13.6. The van der Waals surface area contributed by atoms with Crippen LogP contribution in [0.3, 0.4) is 0 Å². The fourth-order valence-corrected chi connectivity index (χ4v) is 3.50. The SMILES string of the molecule is CC(C)Cc1cc(C(=O)N2CCC(n3cc(-c4ccccn4)nn3)CC2)on1. The van der Waals surface area contributed by atoms with Gasteiger partial charge in [0.25, 0.3) is 5.91 Å². The number of carbonyl (C=O) groups excluding carboxylic acids is 1. The van der Waals surface area contributed by atoms with E-state index in [-0.39, 0.29) is 11.9 Å². The maximum absolute atomic E-state index is 12.7. The maximum atomic E-state index is 12.7. The number of piperidine rings is 1. The molecule has 0 saturated carbocycles. The Morgan fingerprint density at radius 1 is 1.25 bits per heavy atom. The van der Waals surface area contributed by atoms with Gasteiger partial charge in [-0.1, -0.05) is 30.3 Å². The molecule has 28 heavy (non-hydrogen) atoms. The highest BCUT2D eigenvalue weighted by molar-refractivity contribution is 5.91. The summed E-state index contributed by atoms with van der Waals surface area (Å²) in [5, 5.41) is 12.5. The van der Waals surface area contributed by atoms with Gasteiger partial charge in [0.2, 0.25) is 5.76 Å². The summed E-state index contributed by atoms with van der Waals surface area (Å²) in [5.41, 5.74) is 2.40. The van der Waals surface area contributed by atoms with Crippen LogP contribution in [0.1, 0.15) is 49.0 Å². The van der Waals surface area contributed by atoms with Gasteiger partial charge in [-0.25, -0.2) is 4.68 Å². The summed E-state index contributed by atoms with van der Waals surface area (Å²) in [4.78, 5) is 18.8. The van der Waals surface area contributed by atoms with E-state index in [0.29, 0.717) is 24.8 Å². The molecule has 3 aromatic rings. The van der Waals surface area contributed by atoms with E-state index in [1.165, 1.54) is 0 Å². The molecule has 0 aromatic carbocycles. The van der Waals surface area contributed by atoms with Crippen LogP contribution in [0.5, 0.6) is 0 Å². The van der Waals surface area contributed by atoms with Crippen molar-refractivity contribution in [3.63, 3.8) is 0 Å². The molecule has 0 spiro atoms. The van der Waals surface area contributed by atoms with Crippen LogP contribution in [-0.4, -0.2) is 49.0 Å². The summed E-state index contributed by atoms with van der Waals surface area (Å²) in [6.07, 6.45) is 6.13. The van der Waals surface area contributed by atoms with E-state index in [1.54, 1.807) is 12.3 Å². The highest BCUT2D eigenvalue weighted by Crippen LogP contribution is 2.24. The molecule has 146 valence electrons. The highest BCUT2D eigenvalue weighted by Gasteiger charge is 2.27. The third-order valence-electron chi connectivity index (χ3n) is 4.95.